The lowest BCUT2D eigenvalue weighted by molar-refractivity contribution is 0.102. The first-order chi connectivity index (χ1) is 9.56. The van der Waals surface area contributed by atoms with Crippen LogP contribution in [0.15, 0.2) is 18.2 Å². The van der Waals surface area contributed by atoms with Crippen LogP contribution in [0.5, 0.6) is 5.75 Å². The average Bonchev–Trinajstić information content (AvgIpc) is 2.83. The molecule has 112 valence electrons. The van der Waals surface area contributed by atoms with E-state index in [0.717, 1.165) is 0 Å². The number of aliphatic hydroxyl groups is 1. The fraction of sp³-hybridized carbons (Fsp3) is 0.600. The summed E-state index contributed by atoms with van der Waals surface area (Å²) in [5.41, 5.74) is 0. The first-order valence-electron chi connectivity index (χ1n) is 7.05. The van der Waals surface area contributed by atoms with Gasteiger partial charge in [-0.25, -0.2) is 0 Å². The molecule has 1 fully saturated rings. The Labute approximate surface area is 130 Å². The Bertz CT molecular complexity index is 442. The van der Waals surface area contributed by atoms with Crippen molar-refractivity contribution in [2.45, 2.75) is 38.3 Å². The van der Waals surface area contributed by atoms with Crippen LogP contribution in [0, 0.1) is 5.92 Å². The lowest BCUT2D eigenvalue weighted by atomic mass is 10.1. The van der Waals surface area contributed by atoms with Gasteiger partial charge >= 0.3 is 0 Å². The highest BCUT2D eigenvalue weighted by atomic mass is 35.5. The van der Waals surface area contributed by atoms with Crippen molar-refractivity contribution < 1.29 is 9.84 Å². The van der Waals surface area contributed by atoms with Gasteiger partial charge in [0.1, 0.15) is 18.5 Å². The van der Waals surface area contributed by atoms with E-state index < -0.39 is 6.10 Å². The molecule has 0 amide bonds. The highest BCUT2D eigenvalue weighted by Gasteiger charge is 2.23. The van der Waals surface area contributed by atoms with Crippen LogP contribution in [0.25, 0.3) is 0 Å². The van der Waals surface area contributed by atoms with Crippen LogP contribution >= 0.6 is 23.2 Å². The number of hydrogen-bond donors (Lipinski definition) is 2. The maximum absolute atomic E-state index is 9.95. The molecule has 2 N–H and O–H groups in total. The highest BCUT2D eigenvalue weighted by Crippen LogP contribution is 2.28. The molecule has 1 aromatic carbocycles. The third kappa shape index (κ3) is 4.52. The molecule has 3 atom stereocenters. The van der Waals surface area contributed by atoms with Crippen molar-refractivity contribution in [2.24, 2.45) is 5.92 Å². The van der Waals surface area contributed by atoms with Gasteiger partial charge in [0.05, 0.1) is 5.02 Å². The first kappa shape index (κ1) is 15.9. The lowest BCUT2D eigenvalue weighted by Gasteiger charge is -2.20. The molecule has 0 aliphatic heterocycles. The number of rotatable bonds is 6. The number of hydrogen-bond acceptors (Lipinski definition) is 3. The van der Waals surface area contributed by atoms with Crippen molar-refractivity contribution in [3.63, 3.8) is 0 Å². The predicted molar refractivity (Wildman–Crippen MR) is 82.8 cm³/mol. The van der Waals surface area contributed by atoms with Crippen molar-refractivity contribution >= 4 is 23.2 Å². The van der Waals surface area contributed by atoms with Crippen LogP contribution in [0.3, 0.4) is 0 Å². The molecule has 5 heteroatoms. The van der Waals surface area contributed by atoms with E-state index in [1.807, 2.05) is 0 Å². The van der Waals surface area contributed by atoms with Gasteiger partial charge in [0.25, 0.3) is 0 Å². The van der Waals surface area contributed by atoms with Gasteiger partial charge in [-0.15, -0.1) is 0 Å². The molecule has 3 unspecified atom stereocenters. The number of ether oxygens (including phenoxy) is 1. The smallest absolute Gasteiger partial charge is 0.139 e. The Hall–Kier alpha value is -0.480. The van der Waals surface area contributed by atoms with Crippen molar-refractivity contribution in [3.8, 4) is 5.75 Å². The molecule has 2 rings (SSSR count). The van der Waals surface area contributed by atoms with Gasteiger partial charge in [0.2, 0.25) is 0 Å². The molecule has 0 saturated heterocycles. The van der Waals surface area contributed by atoms with Crippen LogP contribution in [0.1, 0.15) is 26.2 Å². The van der Waals surface area contributed by atoms with Gasteiger partial charge < -0.3 is 15.2 Å². The van der Waals surface area contributed by atoms with E-state index in [2.05, 4.69) is 12.2 Å². The summed E-state index contributed by atoms with van der Waals surface area (Å²) in [5, 5.41) is 14.4. The fourth-order valence-electron chi connectivity index (χ4n) is 2.57. The molecule has 1 saturated carbocycles. The predicted octanol–water partition coefficient (Wildman–Crippen LogP) is 3.51. The monoisotopic (exact) mass is 317 g/mol. The van der Waals surface area contributed by atoms with Gasteiger partial charge in [-0.05, 0) is 30.9 Å². The summed E-state index contributed by atoms with van der Waals surface area (Å²) in [5.74, 6) is 1.19. The Morgan fingerprint density at radius 1 is 1.40 bits per heavy atom. The van der Waals surface area contributed by atoms with Crippen LogP contribution in [-0.4, -0.2) is 30.4 Å². The average molecular weight is 318 g/mol. The summed E-state index contributed by atoms with van der Waals surface area (Å²) >= 11 is 11.9. The molecule has 20 heavy (non-hydrogen) atoms. The zero-order chi connectivity index (χ0) is 14.5. The Kier molecular flexibility index (Phi) is 5.97. The van der Waals surface area contributed by atoms with Crippen molar-refractivity contribution in [1.29, 1.82) is 0 Å². The minimum absolute atomic E-state index is 0.203. The Morgan fingerprint density at radius 3 is 2.90 bits per heavy atom. The number of aliphatic hydroxyl groups excluding tert-OH is 1. The second-order valence-electron chi connectivity index (χ2n) is 5.46. The number of nitrogens with one attached hydrogen (secondary N) is 1. The van der Waals surface area contributed by atoms with E-state index in [1.165, 1.54) is 19.3 Å². The minimum Gasteiger partial charge on any atom is -0.489 e. The lowest BCUT2D eigenvalue weighted by Crippen LogP contribution is -2.39. The Morgan fingerprint density at radius 2 is 2.20 bits per heavy atom. The summed E-state index contributed by atoms with van der Waals surface area (Å²) in [6.45, 7) is 2.99. The van der Waals surface area contributed by atoms with Crippen LogP contribution < -0.4 is 10.1 Å². The zero-order valence-corrected chi connectivity index (χ0v) is 13.1. The number of halogens is 2. The van der Waals surface area contributed by atoms with Gasteiger partial charge in [0.15, 0.2) is 0 Å². The minimum atomic E-state index is -0.558. The molecule has 1 aliphatic rings. The quantitative estimate of drug-likeness (QED) is 0.843. The SMILES string of the molecule is CC1CCCC1NCC(O)COc1cc(Cl)ccc1Cl. The molecular formula is C15H21Cl2NO2. The largest absolute Gasteiger partial charge is 0.489 e. The van der Waals surface area contributed by atoms with Gasteiger partial charge in [0, 0.05) is 23.7 Å². The molecular weight excluding hydrogens is 297 g/mol. The molecule has 0 bridgehead atoms. The third-order valence-electron chi connectivity index (χ3n) is 3.80. The number of benzene rings is 1. The van der Waals surface area contributed by atoms with E-state index >= 15 is 0 Å². The van der Waals surface area contributed by atoms with E-state index in [9.17, 15) is 5.11 Å². The van der Waals surface area contributed by atoms with Crippen LogP contribution in [0.2, 0.25) is 10.0 Å². The molecule has 1 aromatic rings. The molecule has 0 spiro atoms. The van der Waals surface area contributed by atoms with Crippen LogP contribution in [-0.2, 0) is 0 Å². The maximum atomic E-state index is 9.95. The third-order valence-corrected chi connectivity index (χ3v) is 4.35. The molecule has 3 nitrogen and oxygen atoms in total. The van der Waals surface area contributed by atoms with E-state index in [0.29, 0.717) is 34.3 Å². The second kappa shape index (κ2) is 7.51. The summed E-state index contributed by atoms with van der Waals surface area (Å²) < 4.78 is 5.52. The van der Waals surface area contributed by atoms with E-state index in [4.69, 9.17) is 27.9 Å². The topological polar surface area (TPSA) is 41.5 Å². The van der Waals surface area contributed by atoms with E-state index in [-0.39, 0.29) is 6.61 Å². The molecule has 0 aromatic heterocycles. The standard InChI is InChI=1S/C15H21Cl2NO2/c1-10-3-2-4-14(10)18-8-12(19)9-20-15-7-11(16)5-6-13(15)17/h5-7,10,12,14,18-19H,2-4,8-9H2,1H3. The zero-order valence-electron chi connectivity index (χ0n) is 11.6. The molecule has 0 radical (unpaired) electrons. The van der Waals surface area contributed by atoms with Crippen molar-refractivity contribution in [2.75, 3.05) is 13.2 Å². The summed E-state index contributed by atoms with van der Waals surface area (Å²) in [7, 11) is 0. The maximum Gasteiger partial charge on any atom is 0.139 e. The highest BCUT2D eigenvalue weighted by molar-refractivity contribution is 6.34. The fourth-order valence-corrected chi connectivity index (χ4v) is 2.90. The summed E-state index contributed by atoms with van der Waals surface area (Å²) in [6.07, 6.45) is 3.17. The van der Waals surface area contributed by atoms with Gasteiger partial charge in [-0.1, -0.05) is 36.5 Å². The van der Waals surface area contributed by atoms with Crippen LogP contribution in [0.4, 0.5) is 0 Å². The molecule has 1 aliphatic carbocycles. The van der Waals surface area contributed by atoms with Crippen molar-refractivity contribution in [3.05, 3.63) is 28.2 Å². The van der Waals surface area contributed by atoms with Gasteiger partial charge in [-0.3, -0.25) is 0 Å². The Balaban J connectivity index is 1.74. The van der Waals surface area contributed by atoms with Gasteiger partial charge in [-0.2, -0.15) is 0 Å². The van der Waals surface area contributed by atoms with E-state index in [1.54, 1.807) is 18.2 Å². The second-order valence-corrected chi connectivity index (χ2v) is 6.31. The van der Waals surface area contributed by atoms with Crippen molar-refractivity contribution in [1.82, 2.24) is 5.32 Å². The molecule has 0 heterocycles. The summed E-state index contributed by atoms with van der Waals surface area (Å²) in [4.78, 5) is 0. The first-order valence-corrected chi connectivity index (χ1v) is 7.81. The summed E-state index contributed by atoms with van der Waals surface area (Å²) in [6, 6.07) is 5.56. The normalized spacial score (nSPS) is 23.8.